The number of aryl methyl sites for hydroxylation is 1. The molecule has 0 aliphatic carbocycles. The molecule has 0 aliphatic heterocycles. The molecule has 2 N–H and O–H groups in total. The lowest BCUT2D eigenvalue weighted by molar-refractivity contribution is 0.510. The van der Waals surface area contributed by atoms with Gasteiger partial charge < -0.3 is 5.73 Å². The molecular formula is C11H14FN3. The van der Waals surface area contributed by atoms with Gasteiger partial charge in [-0.1, -0.05) is 0 Å². The summed E-state index contributed by atoms with van der Waals surface area (Å²) in [6, 6.07) is 3.08. The summed E-state index contributed by atoms with van der Waals surface area (Å²) >= 11 is 0. The van der Waals surface area contributed by atoms with E-state index >= 15 is 0 Å². The molecule has 2 heterocycles. The highest BCUT2D eigenvalue weighted by Gasteiger charge is 2.22. The van der Waals surface area contributed by atoms with Gasteiger partial charge in [-0.2, -0.15) is 0 Å². The minimum Gasteiger partial charge on any atom is -0.319 e. The topological polar surface area (TPSA) is 43.3 Å². The average molecular weight is 207 g/mol. The minimum absolute atomic E-state index is 0.266. The number of nitrogens with zero attached hydrogens (tertiary/aromatic N) is 2. The zero-order valence-corrected chi connectivity index (χ0v) is 9.08. The van der Waals surface area contributed by atoms with Gasteiger partial charge in [0.05, 0.1) is 11.2 Å². The Morgan fingerprint density at radius 2 is 2.13 bits per heavy atom. The summed E-state index contributed by atoms with van der Waals surface area (Å²) < 4.78 is 15.3. The van der Waals surface area contributed by atoms with Crippen LogP contribution in [-0.2, 0) is 5.54 Å². The van der Waals surface area contributed by atoms with E-state index in [4.69, 9.17) is 5.73 Å². The van der Waals surface area contributed by atoms with Crippen LogP contribution in [-0.4, -0.2) is 9.38 Å². The van der Waals surface area contributed by atoms with Gasteiger partial charge in [-0.25, -0.2) is 9.37 Å². The third-order valence-corrected chi connectivity index (χ3v) is 2.37. The number of halogens is 1. The molecule has 0 aromatic carbocycles. The van der Waals surface area contributed by atoms with Gasteiger partial charge in [-0.05, 0) is 32.9 Å². The number of fused-ring (bicyclic) bond motifs is 1. The van der Waals surface area contributed by atoms with Crippen LogP contribution in [0.15, 0.2) is 18.3 Å². The van der Waals surface area contributed by atoms with Gasteiger partial charge in [0.2, 0.25) is 0 Å². The van der Waals surface area contributed by atoms with E-state index in [2.05, 4.69) is 4.98 Å². The Bertz CT molecular complexity index is 508. The van der Waals surface area contributed by atoms with Crippen LogP contribution in [0.25, 0.3) is 5.52 Å². The number of aromatic nitrogens is 2. The van der Waals surface area contributed by atoms with Crippen LogP contribution in [0.1, 0.15) is 25.4 Å². The Kier molecular flexibility index (Phi) is 2.04. The molecule has 0 fully saturated rings. The normalized spacial score (nSPS) is 12.3. The summed E-state index contributed by atoms with van der Waals surface area (Å²) in [5.41, 5.74) is 6.58. The summed E-state index contributed by atoms with van der Waals surface area (Å²) in [6.45, 7) is 5.49. The Morgan fingerprint density at radius 3 is 2.73 bits per heavy atom. The molecule has 2 rings (SSSR count). The minimum atomic E-state index is -0.578. The van der Waals surface area contributed by atoms with Crippen LogP contribution in [0.2, 0.25) is 0 Å². The van der Waals surface area contributed by atoms with E-state index in [9.17, 15) is 4.39 Å². The second-order valence-electron chi connectivity index (χ2n) is 4.32. The van der Waals surface area contributed by atoms with Crippen molar-refractivity contribution in [2.24, 2.45) is 5.73 Å². The molecule has 0 unspecified atom stereocenters. The third-order valence-electron chi connectivity index (χ3n) is 2.37. The highest BCUT2D eigenvalue weighted by atomic mass is 19.1. The fourth-order valence-electron chi connectivity index (χ4n) is 1.73. The molecule has 4 heteroatoms. The number of hydrogen-bond donors (Lipinski definition) is 1. The first-order valence-corrected chi connectivity index (χ1v) is 4.84. The van der Waals surface area contributed by atoms with E-state index in [0.717, 1.165) is 0 Å². The Hall–Kier alpha value is -1.42. The van der Waals surface area contributed by atoms with E-state index < -0.39 is 5.54 Å². The molecule has 15 heavy (non-hydrogen) atoms. The van der Waals surface area contributed by atoms with Crippen molar-refractivity contribution in [1.29, 1.82) is 0 Å². The highest BCUT2D eigenvalue weighted by Crippen LogP contribution is 2.22. The van der Waals surface area contributed by atoms with E-state index in [1.54, 1.807) is 23.6 Å². The summed E-state index contributed by atoms with van der Waals surface area (Å²) in [5.74, 6) is 0.410. The quantitative estimate of drug-likeness (QED) is 0.777. The summed E-state index contributed by atoms with van der Waals surface area (Å²) in [4.78, 5) is 4.32. The van der Waals surface area contributed by atoms with Crippen LogP contribution in [0.4, 0.5) is 4.39 Å². The van der Waals surface area contributed by atoms with Crippen molar-refractivity contribution in [2.45, 2.75) is 26.3 Å². The summed E-state index contributed by atoms with van der Waals surface area (Å²) in [6.07, 6.45) is 1.78. The van der Waals surface area contributed by atoms with Crippen molar-refractivity contribution in [3.8, 4) is 0 Å². The average Bonchev–Trinajstić information content (AvgIpc) is 2.44. The van der Waals surface area contributed by atoms with Crippen LogP contribution < -0.4 is 5.73 Å². The van der Waals surface area contributed by atoms with Crippen LogP contribution in [0, 0.1) is 12.7 Å². The molecule has 0 saturated heterocycles. The van der Waals surface area contributed by atoms with E-state index in [1.807, 2.05) is 13.8 Å². The molecule has 0 radical (unpaired) electrons. The smallest absolute Gasteiger partial charge is 0.149 e. The third kappa shape index (κ3) is 1.51. The summed E-state index contributed by atoms with van der Waals surface area (Å²) in [5, 5.41) is 0. The molecular weight excluding hydrogens is 193 g/mol. The van der Waals surface area contributed by atoms with Crippen molar-refractivity contribution in [2.75, 3.05) is 0 Å². The van der Waals surface area contributed by atoms with Gasteiger partial charge in [0.1, 0.15) is 17.2 Å². The predicted octanol–water partition coefficient (Wildman–Crippen LogP) is 1.98. The Morgan fingerprint density at radius 1 is 1.47 bits per heavy atom. The van der Waals surface area contributed by atoms with Gasteiger partial charge in [0.25, 0.3) is 0 Å². The first kappa shape index (κ1) is 10.1. The SMILES string of the molecule is Cc1nc(C(C)(C)N)n2cccc(F)c12. The van der Waals surface area contributed by atoms with E-state index in [0.29, 0.717) is 17.0 Å². The molecule has 0 spiro atoms. The summed E-state index contributed by atoms with van der Waals surface area (Å²) in [7, 11) is 0. The van der Waals surface area contributed by atoms with Gasteiger partial charge in [0.15, 0.2) is 0 Å². The molecule has 0 saturated carbocycles. The fraction of sp³-hybridized carbons (Fsp3) is 0.364. The van der Waals surface area contributed by atoms with Crippen LogP contribution in [0.3, 0.4) is 0 Å². The number of nitrogens with two attached hydrogens (primary N) is 1. The standard InChI is InChI=1S/C11H14FN3/c1-7-9-8(12)5-4-6-15(9)10(14-7)11(2,3)13/h4-6H,13H2,1-3H3. The number of rotatable bonds is 1. The molecule has 2 aromatic rings. The molecule has 0 amide bonds. The first-order valence-electron chi connectivity index (χ1n) is 4.84. The monoisotopic (exact) mass is 207 g/mol. The first-order chi connectivity index (χ1) is 6.91. The Balaban J connectivity index is 2.85. The van der Waals surface area contributed by atoms with Crippen molar-refractivity contribution >= 4 is 5.52 Å². The number of imidazole rings is 1. The Labute approximate surface area is 87.7 Å². The fourth-order valence-corrected chi connectivity index (χ4v) is 1.73. The molecule has 3 nitrogen and oxygen atoms in total. The maximum Gasteiger partial charge on any atom is 0.149 e. The van der Waals surface area contributed by atoms with Gasteiger partial charge in [-0.15, -0.1) is 0 Å². The van der Waals surface area contributed by atoms with Crippen LogP contribution in [0.5, 0.6) is 0 Å². The number of hydrogen-bond acceptors (Lipinski definition) is 2. The lowest BCUT2D eigenvalue weighted by Crippen LogP contribution is -2.31. The predicted molar refractivity (Wildman–Crippen MR) is 57.1 cm³/mol. The van der Waals surface area contributed by atoms with Crippen molar-refractivity contribution in [3.05, 3.63) is 35.7 Å². The largest absolute Gasteiger partial charge is 0.319 e. The lowest BCUT2D eigenvalue weighted by atomic mass is 10.1. The maximum absolute atomic E-state index is 13.5. The molecule has 0 bridgehead atoms. The molecule has 2 aromatic heterocycles. The second kappa shape index (κ2) is 3.03. The van der Waals surface area contributed by atoms with Crippen molar-refractivity contribution < 1.29 is 4.39 Å². The molecule has 80 valence electrons. The zero-order chi connectivity index (χ0) is 11.2. The van der Waals surface area contributed by atoms with Crippen molar-refractivity contribution in [1.82, 2.24) is 9.38 Å². The van der Waals surface area contributed by atoms with Crippen molar-refractivity contribution in [3.63, 3.8) is 0 Å². The highest BCUT2D eigenvalue weighted by molar-refractivity contribution is 5.54. The van der Waals surface area contributed by atoms with Gasteiger partial charge >= 0.3 is 0 Å². The zero-order valence-electron chi connectivity index (χ0n) is 9.08. The lowest BCUT2D eigenvalue weighted by Gasteiger charge is -2.16. The molecule has 0 aliphatic rings. The molecule has 0 atom stereocenters. The number of pyridine rings is 1. The van der Waals surface area contributed by atoms with Gasteiger partial charge in [-0.3, -0.25) is 4.40 Å². The van der Waals surface area contributed by atoms with Gasteiger partial charge in [0, 0.05) is 6.20 Å². The maximum atomic E-state index is 13.5. The van der Waals surface area contributed by atoms with E-state index in [1.165, 1.54) is 6.07 Å². The second-order valence-corrected chi connectivity index (χ2v) is 4.32. The van der Waals surface area contributed by atoms with Crippen LogP contribution >= 0.6 is 0 Å². The van der Waals surface area contributed by atoms with E-state index in [-0.39, 0.29) is 5.82 Å².